The van der Waals surface area contributed by atoms with Crippen LogP contribution in [0.25, 0.3) is 0 Å². The predicted octanol–water partition coefficient (Wildman–Crippen LogP) is 0.606. The molecule has 0 bridgehead atoms. The number of nitrogens with two attached hydrogens (primary N) is 2. The van der Waals surface area contributed by atoms with Gasteiger partial charge in [-0.1, -0.05) is 17.5 Å². The first-order chi connectivity index (χ1) is 9.08. The minimum absolute atomic E-state index is 0.158. The second-order valence-electron chi connectivity index (χ2n) is 3.47. The smallest absolute Gasteiger partial charge is 0.248 e. The molecule has 4 N–H and O–H groups in total. The number of primary amides is 1. The SMILES string of the molecule is NC(=O)c1ccnc(C#Cc2c(N)ncnc2Cl)c1. The molecule has 0 aliphatic heterocycles. The lowest BCUT2D eigenvalue weighted by molar-refractivity contribution is 0.1000. The predicted molar refractivity (Wildman–Crippen MR) is 70.2 cm³/mol. The summed E-state index contributed by atoms with van der Waals surface area (Å²) in [6.07, 6.45) is 2.69. The van der Waals surface area contributed by atoms with Gasteiger partial charge in [0.1, 0.15) is 28.6 Å². The number of carbonyl (C=O) groups is 1. The number of aromatic nitrogens is 3. The molecule has 0 radical (unpaired) electrons. The van der Waals surface area contributed by atoms with Crippen LogP contribution in [0, 0.1) is 11.8 Å². The maximum Gasteiger partial charge on any atom is 0.248 e. The van der Waals surface area contributed by atoms with Gasteiger partial charge in [0.15, 0.2) is 0 Å². The molecule has 0 spiro atoms. The summed E-state index contributed by atoms with van der Waals surface area (Å²) in [6.45, 7) is 0. The molecule has 6 nitrogen and oxygen atoms in total. The van der Waals surface area contributed by atoms with E-state index in [4.69, 9.17) is 23.1 Å². The highest BCUT2D eigenvalue weighted by atomic mass is 35.5. The average Bonchev–Trinajstić information content (AvgIpc) is 2.38. The summed E-state index contributed by atoms with van der Waals surface area (Å²) >= 11 is 5.85. The van der Waals surface area contributed by atoms with Crippen LogP contribution in [-0.4, -0.2) is 20.9 Å². The third-order valence-electron chi connectivity index (χ3n) is 2.19. The average molecular weight is 274 g/mol. The fraction of sp³-hybridized carbons (Fsp3) is 0. The van der Waals surface area contributed by atoms with E-state index in [0.29, 0.717) is 16.8 Å². The lowest BCUT2D eigenvalue weighted by Gasteiger charge is -1.97. The molecule has 2 aromatic heterocycles. The Hall–Kier alpha value is -2.65. The highest BCUT2D eigenvalue weighted by Crippen LogP contribution is 2.15. The van der Waals surface area contributed by atoms with Crippen LogP contribution in [0.15, 0.2) is 24.7 Å². The first-order valence-corrected chi connectivity index (χ1v) is 5.49. The maximum absolute atomic E-state index is 11.0. The molecule has 94 valence electrons. The number of nitrogens with zero attached hydrogens (tertiary/aromatic N) is 3. The number of rotatable bonds is 1. The van der Waals surface area contributed by atoms with Gasteiger partial charge in [-0.25, -0.2) is 15.0 Å². The van der Waals surface area contributed by atoms with Crippen molar-refractivity contribution in [2.45, 2.75) is 0 Å². The van der Waals surface area contributed by atoms with E-state index in [0.717, 1.165) is 0 Å². The van der Waals surface area contributed by atoms with Crippen LogP contribution in [0.2, 0.25) is 5.15 Å². The van der Waals surface area contributed by atoms with Crippen LogP contribution >= 0.6 is 11.6 Å². The second-order valence-corrected chi connectivity index (χ2v) is 3.83. The molecular weight excluding hydrogens is 266 g/mol. The maximum atomic E-state index is 11.0. The van der Waals surface area contributed by atoms with Crippen LogP contribution in [0.1, 0.15) is 21.6 Å². The Morgan fingerprint density at radius 3 is 2.74 bits per heavy atom. The number of anilines is 1. The van der Waals surface area contributed by atoms with E-state index in [-0.39, 0.29) is 11.0 Å². The summed E-state index contributed by atoms with van der Waals surface area (Å²) in [6, 6.07) is 2.98. The fourth-order valence-electron chi connectivity index (χ4n) is 1.27. The molecule has 0 saturated heterocycles. The van der Waals surface area contributed by atoms with E-state index in [1.807, 2.05) is 0 Å². The first-order valence-electron chi connectivity index (χ1n) is 5.12. The number of nitrogen functional groups attached to an aromatic ring is 1. The van der Waals surface area contributed by atoms with Gasteiger partial charge in [0.25, 0.3) is 0 Å². The van der Waals surface area contributed by atoms with Crippen molar-refractivity contribution in [2.75, 3.05) is 5.73 Å². The quantitative estimate of drug-likeness (QED) is 0.584. The van der Waals surface area contributed by atoms with Gasteiger partial charge < -0.3 is 11.5 Å². The van der Waals surface area contributed by atoms with Gasteiger partial charge >= 0.3 is 0 Å². The Labute approximate surface area is 113 Å². The monoisotopic (exact) mass is 273 g/mol. The molecule has 0 fully saturated rings. The number of pyridine rings is 1. The summed E-state index contributed by atoms with van der Waals surface area (Å²) in [5.41, 5.74) is 11.8. The number of amides is 1. The Kier molecular flexibility index (Phi) is 3.59. The number of hydrogen-bond acceptors (Lipinski definition) is 5. The van der Waals surface area contributed by atoms with Crippen LogP contribution in [0.4, 0.5) is 5.82 Å². The Morgan fingerprint density at radius 1 is 1.26 bits per heavy atom. The summed E-state index contributed by atoms with van der Waals surface area (Å²) < 4.78 is 0. The van der Waals surface area contributed by atoms with Gasteiger partial charge in [-0.3, -0.25) is 4.79 Å². The standard InChI is InChI=1S/C12H8ClN5O/c13-10-9(11(14)18-6-17-10)2-1-8-5-7(12(15)19)3-4-16-8/h3-6H,(H2,15,19)(H2,14,17,18). The molecule has 0 unspecified atom stereocenters. The number of halogens is 1. The van der Waals surface area contributed by atoms with Crippen molar-refractivity contribution in [3.05, 3.63) is 46.6 Å². The fourth-order valence-corrected chi connectivity index (χ4v) is 1.46. The number of hydrogen-bond donors (Lipinski definition) is 2. The Balaban J connectivity index is 2.39. The van der Waals surface area contributed by atoms with E-state index in [9.17, 15) is 4.79 Å². The van der Waals surface area contributed by atoms with Crippen molar-refractivity contribution < 1.29 is 4.79 Å². The van der Waals surface area contributed by atoms with Gasteiger partial charge in [0.2, 0.25) is 5.91 Å². The van der Waals surface area contributed by atoms with Gasteiger partial charge in [0.05, 0.1) is 0 Å². The molecule has 0 aliphatic rings. The molecule has 1 amide bonds. The van der Waals surface area contributed by atoms with E-state index in [1.54, 1.807) is 0 Å². The molecule has 0 aliphatic carbocycles. The van der Waals surface area contributed by atoms with E-state index >= 15 is 0 Å². The zero-order valence-electron chi connectivity index (χ0n) is 9.59. The zero-order valence-corrected chi connectivity index (χ0v) is 10.3. The minimum atomic E-state index is -0.550. The van der Waals surface area contributed by atoms with E-state index in [1.165, 1.54) is 24.7 Å². The second kappa shape index (κ2) is 5.33. The lowest BCUT2D eigenvalue weighted by Crippen LogP contribution is -2.11. The minimum Gasteiger partial charge on any atom is -0.383 e. The zero-order chi connectivity index (χ0) is 13.8. The molecule has 0 saturated carbocycles. The van der Waals surface area contributed by atoms with Crippen LogP contribution in [0.3, 0.4) is 0 Å². The summed E-state index contributed by atoms with van der Waals surface area (Å²) in [4.78, 5) is 22.6. The van der Waals surface area contributed by atoms with Crippen molar-refractivity contribution in [2.24, 2.45) is 5.73 Å². The van der Waals surface area contributed by atoms with Crippen molar-refractivity contribution in [3.63, 3.8) is 0 Å². The van der Waals surface area contributed by atoms with Crippen molar-refractivity contribution in [3.8, 4) is 11.8 Å². The van der Waals surface area contributed by atoms with Crippen LogP contribution in [-0.2, 0) is 0 Å². The Bertz CT molecular complexity index is 685. The van der Waals surface area contributed by atoms with Crippen molar-refractivity contribution in [1.82, 2.24) is 15.0 Å². The van der Waals surface area contributed by atoms with Crippen molar-refractivity contribution >= 4 is 23.3 Å². The molecule has 2 rings (SSSR count). The summed E-state index contributed by atoms with van der Waals surface area (Å²) in [7, 11) is 0. The molecule has 2 aromatic rings. The largest absolute Gasteiger partial charge is 0.383 e. The van der Waals surface area contributed by atoms with Crippen LogP contribution in [0.5, 0.6) is 0 Å². The molecular formula is C12H8ClN5O. The third-order valence-corrected chi connectivity index (χ3v) is 2.48. The number of carbonyl (C=O) groups excluding carboxylic acids is 1. The summed E-state index contributed by atoms with van der Waals surface area (Å²) in [5, 5.41) is 0.158. The lowest BCUT2D eigenvalue weighted by atomic mass is 10.2. The van der Waals surface area contributed by atoms with Gasteiger partial charge in [-0.05, 0) is 18.1 Å². The van der Waals surface area contributed by atoms with Gasteiger partial charge in [-0.2, -0.15) is 0 Å². The molecule has 0 atom stereocenters. The van der Waals surface area contributed by atoms with Crippen molar-refractivity contribution in [1.29, 1.82) is 0 Å². The topological polar surface area (TPSA) is 108 Å². The molecule has 7 heteroatoms. The van der Waals surface area contributed by atoms with E-state index in [2.05, 4.69) is 26.8 Å². The first kappa shape index (κ1) is 12.8. The highest BCUT2D eigenvalue weighted by molar-refractivity contribution is 6.30. The molecule has 2 heterocycles. The highest BCUT2D eigenvalue weighted by Gasteiger charge is 2.04. The summed E-state index contributed by atoms with van der Waals surface area (Å²) in [5.74, 6) is 5.07. The third kappa shape index (κ3) is 2.97. The van der Waals surface area contributed by atoms with Gasteiger partial charge in [0, 0.05) is 11.8 Å². The van der Waals surface area contributed by atoms with E-state index < -0.39 is 5.91 Å². The Morgan fingerprint density at radius 2 is 2.05 bits per heavy atom. The normalized spacial score (nSPS) is 9.53. The molecule has 0 aromatic carbocycles. The van der Waals surface area contributed by atoms with Crippen LogP contribution < -0.4 is 11.5 Å². The van der Waals surface area contributed by atoms with Gasteiger partial charge in [-0.15, -0.1) is 0 Å². The molecule has 19 heavy (non-hydrogen) atoms.